The van der Waals surface area contributed by atoms with Gasteiger partial charge in [0.2, 0.25) is 5.91 Å². The van der Waals surface area contributed by atoms with Gasteiger partial charge in [0.05, 0.1) is 13.0 Å². The number of ether oxygens (including phenoxy) is 1. The third-order valence-corrected chi connectivity index (χ3v) is 3.77. The number of rotatable bonds is 5. The Bertz CT molecular complexity index is 460. The second-order valence-electron chi connectivity index (χ2n) is 5.75. The summed E-state index contributed by atoms with van der Waals surface area (Å²) in [5, 5.41) is 6.37. The van der Waals surface area contributed by atoms with Crippen LogP contribution in [0.25, 0.3) is 0 Å². The van der Waals surface area contributed by atoms with Crippen molar-refractivity contribution in [3.63, 3.8) is 0 Å². The highest BCUT2D eigenvalue weighted by Crippen LogP contribution is 2.34. The van der Waals surface area contributed by atoms with Crippen molar-refractivity contribution in [2.24, 2.45) is 11.8 Å². The molecular weight excluding hydrogens is 252 g/mol. The molecule has 4 nitrogen and oxygen atoms in total. The summed E-state index contributed by atoms with van der Waals surface area (Å²) in [4.78, 5) is 12.3. The van der Waals surface area contributed by atoms with Gasteiger partial charge in [0.1, 0.15) is 5.75 Å². The maximum Gasteiger partial charge on any atom is 0.225 e. The Labute approximate surface area is 120 Å². The highest BCUT2D eigenvalue weighted by Gasteiger charge is 2.35. The average Bonchev–Trinajstić information content (AvgIpc) is 2.93. The van der Waals surface area contributed by atoms with Crippen LogP contribution in [0.1, 0.15) is 25.3 Å². The molecule has 1 saturated heterocycles. The van der Waals surface area contributed by atoms with E-state index >= 15 is 0 Å². The standard InChI is InChI=1S/C16H24N2O2/c1-11(2)8-18-16(19)14-10-17-9-13(14)12-6-4-5-7-15(12)20-3/h4-7,11,13-14,17H,8-10H2,1-3H3,(H,18,19). The summed E-state index contributed by atoms with van der Waals surface area (Å²) in [6.45, 7) is 6.48. The number of hydrogen-bond donors (Lipinski definition) is 2. The van der Waals surface area contributed by atoms with Crippen molar-refractivity contribution in [1.82, 2.24) is 10.6 Å². The van der Waals surface area contributed by atoms with E-state index in [9.17, 15) is 4.79 Å². The predicted octanol–water partition coefficient (Wildman–Crippen LogP) is 1.77. The van der Waals surface area contributed by atoms with Crippen LogP contribution in [0, 0.1) is 11.8 Å². The molecule has 2 N–H and O–H groups in total. The molecule has 1 aliphatic heterocycles. The predicted molar refractivity (Wildman–Crippen MR) is 79.9 cm³/mol. The van der Waals surface area contributed by atoms with E-state index in [1.807, 2.05) is 18.2 Å². The molecular formula is C16H24N2O2. The number of hydrogen-bond acceptors (Lipinski definition) is 3. The minimum absolute atomic E-state index is 0.0231. The van der Waals surface area contributed by atoms with E-state index in [0.29, 0.717) is 5.92 Å². The molecule has 0 aromatic heterocycles. The van der Waals surface area contributed by atoms with Gasteiger partial charge in [-0.3, -0.25) is 4.79 Å². The summed E-state index contributed by atoms with van der Waals surface area (Å²) in [7, 11) is 1.68. The quantitative estimate of drug-likeness (QED) is 0.862. The SMILES string of the molecule is COc1ccccc1C1CNCC1C(=O)NCC(C)C. The first-order valence-electron chi connectivity index (χ1n) is 7.24. The number of methoxy groups -OCH3 is 1. The molecule has 2 atom stereocenters. The summed E-state index contributed by atoms with van der Waals surface area (Å²) >= 11 is 0. The Morgan fingerprint density at radius 1 is 1.40 bits per heavy atom. The summed E-state index contributed by atoms with van der Waals surface area (Å²) in [6.07, 6.45) is 0. The second kappa shape index (κ2) is 6.75. The Morgan fingerprint density at radius 3 is 2.85 bits per heavy atom. The zero-order chi connectivity index (χ0) is 14.5. The minimum Gasteiger partial charge on any atom is -0.496 e. The highest BCUT2D eigenvalue weighted by atomic mass is 16.5. The van der Waals surface area contributed by atoms with E-state index in [-0.39, 0.29) is 17.7 Å². The van der Waals surface area contributed by atoms with Gasteiger partial charge in [-0.05, 0) is 17.5 Å². The molecule has 110 valence electrons. The average molecular weight is 276 g/mol. The van der Waals surface area contributed by atoms with E-state index in [2.05, 4.69) is 30.5 Å². The van der Waals surface area contributed by atoms with Crippen LogP contribution in [0.4, 0.5) is 0 Å². The van der Waals surface area contributed by atoms with E-state index < -0.39 is 0 Å². The molecule has 2 unspecified atom stereocenters. The van der Waals surface area contributed by atoms with Crippen LogP contribution in [0.3, 0.4) is 0 Å². The molecule has 4 heteroatoms. The fraction of sp³-hybridized carbons (Fsp3) is 0.562. The molecule has 1 amide bonds. The van der Waals surface area contributed by atoms with E-state index in [1.54, 1.807) is 7.11 Å². The van der Waals surface area contributed by atoms with E-state index in [1.165, 1.54) is 0 Å². The number of amides is 1. The largest absolute Gasteiger partial charge is 0.496 e. The van der Waals surface area contributed by atoms with E-state index in [0.717, 1.165) is 30.9 Å². The summed E-state index contributed by atoms with van der Waals surface area (Å²) in [6, 6.07) is 7.97. The Morgan fingerprint density at radius 2 is 2.15 bits per heavy atom. The number of carbonyl (C=O) groups is 1. The van der Waals surface area contributed by atoms with Crippen molar-refractivity contribution in [3.8, 4) is 5.75 Å². The van der Waals surface area contributed by atoms with E-state index in [4.69, 9.17) is 4.74 Å². The van der Waals surface area contributed by atoms with Gasteiger partial charge in [0, 0.05) is 25.6 Å². The van der Waals surface area contributed by atoms with Crippen molar-refractivity contribution in [2.75, 3.05) is 26.7 Å². The minimum atomic E-state index is -0.0231. The molecule has 1 fully saturated rings. The molecule has 1 heterocycles. The van der Waals surface area contributed by atoms with Crippen molar-refractivity contribution >= 4 is 5.91 Å². The van der Waals surface area contributed by atoms with Gasteiger partial charge < -0.3 is 15.4 Å². The van der Waals surface area contributed by atoms with Crippen LogP contribution in [-0.4, -0.2) is 32.7 Å². The number of nitrogens with one attached hydrogen (secondary N) is 2. The lowest BCUT2D eigenvalue weighted by Gasteiger charge is -2.21. The van der Waals surface area contributed by atoms with Crippen molar-refractivity contribution in [2.45, 2.75) is 19.8 Å². The Kier molecular flexibility index (Phi) is 5.01. The van der Waals surface area contributed by atoms with Crippen LogP contribution in [-0.2, 0) is 4.79 Å². The molecule has 0 saturated carbocycles. The molecule has 1 aromatic rings. The van der Waals surface area contributed by atoms with Gasteiger partial charge in [0.15, 0.2) is 0 Å². The molecule has 20 heavy (non-hydrogen) atoms. The van der Waals surface area contributed by atoms with Crippen LogP contribution in [0.15, 0.2) is 24.3 Å². The summed E-state index contributed by atoms with van der Waals surface area (Å²) in [5.41, 5.74) is 1.12. The molecule has 0 bridgehead atoms. The smallest absolute Gasteiger partial charge is 0.225 e. The third kappa shape index (κ3) is 3.31. The fourth-order valence-corrected chi connectivity index (χ4v) is 2.69. The van der Waals surface area contributed by atoms with Crippen LogP contribution in [0.2, 0.25) is 0 Å². The van der Waals surface area contributed by atoms with Crippen LogP contribution < -0.4 is 15.4 Å². The van der Waals surface area contributed by atoms with Gasteiger partial charge in [-0.1, -0.05) is 32.0 Å². The molecule has 1 aliphatic rings. The summed E-state index contributed by atoms with van der Waals surface area (Å²) < 4.78 is 5.42. The third-order valence-electron chi connectivity index (χ3n) is 3.77. The van der Waals surface area contributed by atoms with Crippen LogP contribution in [0.5, 0.6) is 5.75 Å². The lowest BCUT2D eigenvalue weighted by Crippen LogP contribution is -2.36. The highest BCUT2D eigenvalue weighted by molar-refractivity contribution is 5.80. The van der Waals surface area contributed by atoms with Crippen molar-refractivity contribution in [3.05, 3.63) is 29.8 Å². The first kappa shape index (κ1) is 14.9. The maximum absolute atomic E-state index is 12.3. The summed E-state index contributed by atoms with van der Waals surface area (Å²) in [5.74, 6) is 1.63. The normalized spacial score (nSPS) is 22.0. The molecule has 0 radical (unpaired) electrons. The monoisotopic (exact) mass is 276 g/mol. The van der Waals surface area contributed by atoms with Gasteiger partial charge in [0.25, 0.3) is 0 Å². The maximum atomic E-state index is 12.3. The van der Waals surface area contributed by atoms with Crippen LogP contribution >= 0.6 is 0 Å². The fourth-order valence-electron chi connectivity index (χ4n) is 2.69. The molecule has 0 spiro atoms. The zero-order valence-electron chi connectivity index (χ0n) is 12.5. The molecule has 1 aromatic carbocycles. The second-order valence-corrected chi connectivity index (χ2v) is 5.75. The van der Waals surface area contributed by atoms with Crippen molar-refractivity contribution < 1.29 is 9.53 Å². The van der Waals surface area contributed by atoms with Crippen molar-refractivity contribution in [1.29, 1.82) is 0 Å². The Hall–Kier alpha value is -1.55. The van der Waals surface area contributed by atoms with Gasteiger partial charge in [-0.15, -0.1) is 0 Å². The number of benzene rings is 1. The van der Waals surface area contributed by atoms with Gasteiger partial charge in [-0.25, -0.2) is 0 Å². The number of carbonyl (C=O) groups excluding carboxylic acids is 1. The van der Waals surface area contributed by atoms with Gasteiger partial charge >= 0.3 is 0 Å². The molecule has 0 aliphatic carbocycles. The molecule has 2 rings (SSSR count). The van der Waals surface area contributed by atoms with Gasteiger partial charge in [-0.2, -0.15) is 0 Å². The lowest BCUT2D eigenvalue weighted by molar-refractivity contribution is -0.124. The Balaban J connectivity index is 2.12. The lowest BCUT2D eigenvalue weighted by atomic mass is 9.87. The zero-order valence-corrected chi connectivity index (χ0v) is 12.5. The first-order valence-corrected chi connectivity index (χ1v) is 7.24. The first-order chi connectivity index (χ1) is 9.63. The number of para-hydroxylation sites is 1. The topological polar surface area (TPSA) is 50.4 Å².